The molecule has 1 aromatic heterocycles. The molecule has 0 amide bonds. The Labute approximate surface area is 123 Å². The first-order valence-corrected chi connectivity index (χ1v) is 6.33. The molecule has 0 radical (unpaired) electrons. The molecule has 0 aliphatic carbocycles. The first-order chi connectivity index (χ1) is 10.3. The van der Waals surface area contributed by atoms with Gasteiger partial charge in [0.15, 0.2) is 0 Å². The average molecular weight is 311 g/mol. The average Bonchev–Trinajstić information content (AvgIpc) is 2.41. The van der Waals surface area contributed by atoms with Gasteiger partial charge in [0.2, 0.25) is 0 Å². The molecule has 2 aromatic rings. The second-order valence-corrected chi connectivity index (χ2v) is 4.77. The van der Waals surface area contributed by atoms with Crippen LogP contribution in [-0.4, -0.2) is 15.6 Å². The van der Waals surface area contributed by atoms with Gasteiger partial charge in [-0.1, -0.05) is 24.3 Å². The van der Waals surface area contributed by atoms with E-state index >= 15 is 0 Å². The van der Waals surface area contributed by atoms with Gasteiger partial charge in [0.1, 0.15) is 0 Å². The molecule has 1 aromatic carbocycles. The number of carbonyl (C=O) groups is 1. The van der Waals surface area contributed by atoms with E-state index in [0.717, 1.165) is 22.9 Å². The highest BCUT2D eigenvalue weighted by molar-refractivity contribution is 5.70. The van der Waals surface area contributed by atoms with Crippen molar-refractivity contribution in [1.29, 1.82) is 0 Å². The fourth-order valence-electron chi connectivity index (χ4n) is 1.96. The van der Waals surface area contributed by atoms with Gasteiger partial charge < -0.3 is 9.67 Å². The van der Waals surface area contributed by atoms with Crippen LogP contribution in [0.1, 0.15) is 16.7 Å². The van der Waals surface area contributed by atoms with Gasteiger partial charge in [-0.05, 0) is 17.2 Å². The molecule has 0 fully saturated rings. The van der Waals surface area contributed by atoms with Gasteiger partial charge in [0.05, 0.1) is 18.5 Å². The molecule has 22 heavy (non-hydrogen) atoms. The molecule has 0 aliphatic heterocycles. The van der Waals surface area contributed by atoms with Gasteiger partial charge in [-0.2, -0.15) is 13.2 Å². The molecule has 1 heterocycles. The van der Waals surface area contributed by atoms with Crippen molar-refractivity contribution < 1.29 is 23.1 Å². The zero-order valence-corrected chi connectivity index (χ0v) is 11.3. The van der Waals surface area contributed by atoms with Crippen molar-refractivity contribution in [3.05, 3.63) is 69.6 Å². The number of alkyl halides is 3. The molecule has 0 saturated heterocycles. The fourth-order valence-corrected chi connectivity index (χ4v) is 1.96. The van der Waals surface area contributed by atoms with Gasteiger partial charge in [-0.3, -0.25) is 9.59 Å². The first-order valence-electron chi connectivity index (χ1n) is 6.33. The van der Waals surface area contributed by atoms with E-state index in [-0.39, 0.29) is 13.0 Å². The predicted molar refractivity (Wildman–Crippen MR) is 72.6 cm³/mol. The number of halogens is 3. The molecule has 1 N–H and O–H groups in total. The second kappa shape index (κ2) is 6.05. The number of carboxylic acids is 1. The molecule has 0 spiro atoms. The van der Waals surface area contributed by atoms with Crippen molar-refractivity contribution in [2.24, 2.45) is 0 Å². The standard InChI is InChI=1S/C15H12F3NO3/c16-15(17,18)12-5-6-13(20)19(9-12)8-11-3-1-10(2-4-11)7-14(21)22/h1-6,9H,7-8H2,(H,21,22). The van der Waals surface area contributed by atoms with Crippen molar-refractivity contribution >= 4 is 5.97 Å². The zero-order chi connectivity index (χ0) is 16.3. The van der Waals surface area contributed by atoms with Crippen LogP contribution in [0, 0.1) is 0 Å². The van der Waals surface area contributed by atoms with E-state index in [0.29, 0.717) is 11.1 Å². The van der Waals surface area contributed by atoms with E-state index in [9.17, 15) is 22.8 Å². The number of hydrogen-bond acceptors (Lipinski definition) is 2. The summed E-state index contributed by atoms with van der Waals surface area (Å²) in [6, 6.07) is 7.94. The SMILES string of the molecule is O=C(O)Cc1ccc(Cn2cc(C(F)(F)F)ccc2=O)cc1. The maximum atomic E-state index is 12.6. The molecule has 0 atom stereocenters. The first kappa shape index (κ1) is 15.8. The molecule has 0 unspecified atom stereocenters. The van der Waals surface area contributed by atoms with E-state index in [2.05, 4.69) is 0 Å². The van der Waals surface area contributed by atoms with Crippen LogP contribution in [0.2, 0.25) is 0 Å². The summed E-state index contributed by atoms with van der Waals surface area (Å²) in [4.78, 5) is 22.2. The molecule has 0 aliphatic rings. The van der Waals surface area contributed by atoms with Crippen molar-refractivity contribution in [3.8, 4) is 0 Å². The molecule has 116 valence electrons. The summed E-state index contributed by atoms with van der Waals surface area (Å²) in [5.41, 5.74) is -0.250. The third-order valence-electron chi connectivity index (χ3n) is 3.04. The molecule has 0 saturated carbocycles. The lowest BCUT2D eigenvalue weighted by molar-refractivity contribution is -0.138. The Kier molecular flexibility index (Phi) is 4.35. The summed E-state index contributed by atoms with van der Waals surface area (Å²) in [5, 5.41) is 8.66. The molecule has 7 heteroatoms. The van der Waals surface area contributed by atoms with Crippen LogP contribution in [0.25, 0.3) is 0 Å². The van der Waals surface area contributed by atoms with E-state index in [4.69, 9.17) is 5.11 Å². The van der Waals surface area contributed by atoms with Crippen LogP contribution in [0.5, 0.6) is 0 Å². The predicted octanol–water partition coefficient (Wildman–Crippen LogP) is 2.54. The topological polar surface area (TPSA) is 59.3 Å². The highest BCUT2D eigenvalue weighted by Gasteiger charge is 2.31. The number of carboxylic acid groups (broad SMARTS) is 1. The number of aromatic nitrogens is 1. The quantitative estimate of drug-likeness (QED) is 0.944. The summed E-state index contributed by atoms with van der Waals surface area (Å²) in [6.45, 7) is -0.0178. The van der Waals surface area contributed by atoms with Crippen LogP contribution in [0.4, 0.5) is 13.2 Å². The Morgan fingerprint density at radius 1 is 1.05 bits per heavy atom. The molecule has 0 bridgehead atoms. The minimum atomic E-state index is -4.51. The Balaban J connectivity index is 2.23. The summed E-state index contributed by atoms with van der Waals surface area (Å²) in [6.07, 6.45) is -3.88. The Hall–Kier alpha value is -2.57. The normalized spacial score (nSPS) is 11.4. The smallest absolute Gasteiger partial charge is 0.417 e. The largest absolute Gasteiger partial charge is 0.481 e. The Morgan fingerprint density at radius 2 is 1.64 bits per heavy atom. The maximum Gasteiger partial charge on any atom is 0.417 e. The fraction of sp³-hybridized carbons (Fsp3) is 0.200. The number of benzene rings is 1. The lowest BCUT2D eigenvalue weighted by Crippen LogP contribution is -2.21. The number of nitrogens with zero attached hydrogens (tertiary/aromatic N) is 1. The second-order valence-electron chi connectivity index (χ2n) is 4.77. The third kappa shape index (κ3) is 3.97. The van der Waals surface area contributed by atoms with E-state index in [1.165, 1.54) is 0 Å². The monoisotopic (exact) mass is 311 g/mol. The number of rotatable bonds is 4. The van der Waals surface area contributed by atoms with Crippen LogP contribution >= 0.6 is 0 Å². The van der Waals surface area contributed by atoms with Crippen LogP contribution in [-0.2, 0) is 23.9 Å². The van der Waals surface area contributed by atoms with E-state index in [1.807, 2.05) is 0 Å². The number of aliphatic carboxylic acids is 1. The summed E-state index contributed by atoms with van der Waals surface area (Å²) < 4.78 is 38.9. The van der Waals surface area contributed by atoms with E-state index in [1.54, 1.807) is 24.3 Å². The number of hydrogen-bond donors (Lipinski definition) is 1. The van der Waals surface area contributed by atoms with Gasteiger partial charge in [0, 0.05) is 12.3 Å². The minimum Gasteiger partial charge on any atom is -0.481 e. The van der Waals surface area contributed by atoms with Crippen molar-refractivity contribution in [3.63, 3.8) is 0 Å². The van der Waals surface area contributed by atoms with Crippen LogP contribution in [0.15, 0.2) is 47.4 Å². The molecular formula is C15H12F3NO3. The molecule has 2 rings (SSSR count). The summed E-state index contributed by atoms with van der Waals surface area (Å²) >= 11 is 0. The lowest BCUT2D eigenvalue weighted by Gasteiger charge is -2.11. The highest BCUT2D eigenvalue weighted by atomic mass is 19.4. The minimum absolute atomic E-state index is 0.0178. The summed E-state index contributed by atoms with van der Waals surface area (Å²) in [5.74, 6) is -0.971. The van der Waals surface area contributed by atoms with Crippen molar-refractivity contribution in [2.45, 2.75) is 19.1 Å². The Morgan fingerprint density at radius 3 is 2.18 bits per heavy atom. The zero-order valence-electron chi connectivity index (χ0n) is 11.3. The molecule has 4 nitrogen and oxygen atoms in total. The lowest BCUT2D eigenvalue weighted by atomic mass is 10.1. The van der Waals surface area contributed by atoms with Crippen LogP contribution in [0.3, 0.4) is 0 Å². The van der Waals surface area contributed by atoms with Gasteiger partial charge in [-0.25, -0.2) is 0 Å². The Bertz CT molecular complexity index is 733. The van der Waals surface area contributed by atoms with Crippen LogP contribution < -0.4 is 5.56 Å². The van der Waals surface area contributed by atoms with E-state index < -0.39 is 23.3 Å². The van der Waals surface area contributed by atoms with Gasteiger partial charge in [-0.15, -0.1) is 0 Å². The maximum absolute atomic E-state index is 12.6. The number of pyridine rings is 1. The third-order valence-corrected chi connectivity index (χ3v) is 3.04. The van der Waals surface area contributed by atoms with Crippen molar-refractivity contribution in [2.75, 3.05) is 0 Å². The summed E-state index contributed by atoms with van der Waals surface area (Å²) in [7, 11) is 0. The van der Waals surface area contributed by atoms with Gasteiger partial charge in [0.25, 0.3) is 5.56 Å². The van der Waals surface area contributed by atoms with Gasteiger partial charge >= 0.3 is 12.1 Å². The highest BCUT2D eigenvalue weighted by Crippen LogP contribution is 2.28. The molecular weight excluding hydrogens is 299 g/mol. The van der Waals surface area contributed by atoms with Crippen molar-refractivity contribution in [1.82, 2.24) is 4.57 Å².